The SMILES string of the molecule is CCCN(CCC)S(=O)(=O)c1c[nH]c(=O)c(Cl)c1. The number of hydrogen-bond donors (Lipinski definition) is 1. The first kappa shape index (κ1) is 15.2. The van der Waals surface area contributed by atoms with E-state index in [1.807, 2.05) is 13.8 Å². The van der Waals surface area contributed by atoms with E-state index in [2.05, 4.69) is 4.98 Å². The lowest BCUT2D eigenvalue weighted by atomic mass is 10.4. The average Bonchev–Trinajstić information content (AvgIpc) is 2.32. The number of hydrogen-bond acceptors (Lipinski definition) is 3. The van der Waals surface area contributed by atoms with Crippen molar-refractivity contribution in [2.75, 3.05) is 13.1 Å². The molecule has 18 heavy (non-hydrogen) atoms. The van der Waals surface area contributed by atoms with E-state index in [0.29, 0.717) is 13.1 Å². The fraction of sp³-hybridized carbons (Fsp3) is 0.545. The van der Waals surface area contributed by atoms with Crippen molar-refractivity contribution in [2.24, 2.45) is 0 Å². The first-order valence-corrected chi connectivity index (χ1v) is 7.63. The highest BCUT2D eigenvalue weighted by Gasteiger charge is 2.23. The molecule has 0 amide bonds. The summed E-state index contributed by atoms with van der Waals surface area (Å²) in [6.45, 7) is 4.73. The second kappa shape index (κ2) is 6.36. The molecule has 0 bridgehead atoms. The summed E-state index contributed by atoms with van der Waals surface area (Å²) in [5, 5.41) is -0.121. The van der Waals surface area contributed by atoms with E-state index in [4.69, 9.17) is 11.6 Å². The predicted octanol–water partition coefficient (Wildman–Crippen LogP) is 1.84. The topological polar surface area (TPSA) is 70.2 Å². The van der Waals surface area contributed by atoms with E-state index in [-0.39, 0.29) is 9.92 Å². The smallest absolute Gasteiger partial charge is 0.266 e. The summed E-state index contributed by atoms with van der Waals surface area (Å²) in [7, 11) is -3.59. The summed E-state index contributed by atoms with van der Waals surface area (Å²) in [6.07, 6.45) is 2.65. The van der Waals surface area contributed by atoms with Gasteiger partial charge >= 0.3 is 0 Å². The van der Waals surface area contributed by atoms with E-state index in [9.17, 15) is 13.2 Å². The van der Waals surface area contributed by atoms with E-state index in [1.165, 1.54) is 16.6 Å². The minimum absolute atomic E-state index is 0.0222. The first-order valence-electron chi connectivity index (χ1n) is 5.81. The van der Waals surface area contributed by atoms with Gasteiger partial charge in [-0.2, -0.15) is 4.31 Å². The van der Waals surface area contributed by atoms with Crippen molar-refractivity contribution in [1.82, 2.24) is 9.29 Å². The summed E-state index contributed by atoms with van der Waals surface area (Å²) in [5.74, 6) is 0. The Labute approximate surface area is 112 Å². The monoisotopic (exact) mass is 292 g/mol. The normalized spacial score (nSPS) is 12.0. The number of pyridine rings is 1. The number of aromatic amines is 1. The molecule has 0 unspecified atom stereocenters. The fourth-order valence-corrected chi connectivity index (χ4v) is 3.44. The van der Waals surface area contributed by atoms with Crippen molar-refractivity contribution in [1.29, 1.82) is 0 Å². The largest absolute Gasteiger partial charge is 0.326 e. The Morgan fingerprint density at radius 1 is 1.28 bits per heavy atom. The third-order valence-corrected chi connectivity index (χ3v) is 4.57. The van der Waals surface area contributed by atoms with Crippen molar-refractivity contribution >= 4 is 21.6 Å². The number of halogens is 1. The van der Waals surface area contributed by atoms with Crippen molar-refractivity contribution in [3.63, 3.8) is 0 Å². The van der Waals surface area contributed by atoms with E-state index < -0.39 is 15.6 Å². The molecule has 0 atom stereocenters. The summed E-state index contributed by atoms with van der Waals surface area (Å²) in [6, 6.07) is 1.19. The summed E-state index contributed by atoms with van der Waals surface area (Å²) in [4.78, 5) is 13.5. The predicted molar refractivity (Wildman–Crippen MR) is 71.4 cm³/mol. The quantitative estimate of drug-likeness (QED) is 0.870. The zero-order valence-electron chi connectivity index (χ0n) is 10.4. The van der Waals surface area contributed by atoms with Crippen molar-refractivity contribution in [3.05, 3.63) is 27.6 Å². The van der Waals surface area contributed by atoms with Crippen LogP contribution in [0.25, 0.3) is 0 Å². The highest BCUT2D eigenvalue weighted by atomic mass is 35.5. The van der Waals surface area contributed by atoms with Gasteiger partial charge in [0.1, 0.15) is 5.02 Å². The molecular formula is C11H17ClN2O3S. The lowest BCUT2D eigenvalue weighted by Crippen LogP contribution is -2.33. The minimum Gasteiger partial charge on any atom is -0.326 e. The van der Waals surface area contributed by atoms with Crippen LogP contribution in [0.5, 0.6) is 0 Å². The third kappa shape index (κ3) is 3.34. The van der Waals surface area contributed by atoms with Gasteiger partial charge < -0.3 is 4.98 Å². The van der Waals surface area contributed by atoms with Gasteiger partial charge in [-0.25, -0.2) is 8.42 Å². The van der Waals surface area contributed by atoms with E-state index in [0.717, 1.165) is 12.8 Å². The lowest BCUT2D eigenvalue weighted by Gasteiger charge is -2.20. The molecule has 0 fully saturated rings. The van der Waals surface area contributed by atoms with Gasteiger partial charge in [0.05, 0.1) is 4.90 Å². The van der Waals surface area contributed by atoms with Gasteiger partial charge in [0.15, 0.2) is 0 Å². The highest BCUT2D eigenvalue weighted by Crippen LogP contribution is 2.17. The van der Waals surface area contributed by atoms with Crippen LogP contribution >= 0.6 is 11.6 Å². The van der Waals surface area contributed by atoms with Crippen LogP contribution in [-0.2, 0) is 10.0 Å². The van der Waals surface area contributed by atoms with Crippen LogP contribution in [-0.4, -0.2) is 30.8 Å². The van der Waals surface area contributed by atoms with Crippen LogP contribution in [0.4, 0.5) is 0 Å². The molecule has 0 saturated heterocycles. The summed E-state index contributed by atoms with van der Waals surface area (Å²) >= 11 is 5.65. The maximum absolute atomic E-state index is 12.3. The molecule has 1 aromatic heterocycles. The van der Waals surface area contributed by atoms with Gasteiger partial charge in [-0.1, -0.05) is 25.4 Å². The lowest BCUT2D eigenvalue weighted by molar-refractivity contribution is 0.409. The van der Waals surface area contributed by atoms with Gasteiger partial charge in [0, 0.05) is 19.3 Å². The molecule has 5 nitrogen and oxygen atoms in total. The third-order valence-electron chi connectivity index (χ3n) is 2.42. The standard InChI is InChI=1S/C11H17ClN2O3S/c1-3-5-14(6-4-2)18(16,17)9-7-10(12)11(15)13-8-9/h7-8H,3-6H2,1-2H3,(H,13,15). The number of aromatic nitrogens is 1. The van der Waals surface area contributed by atoms with Gasteiger partial charge in [0.2, 0.25) is 10.0 Å². The number of rotatable bonds is 6. The average molecular weight is 293 g/mol. The molecule has 0 aliphatic carbocycles. The number of H-pyrrole nitrogens is 1. The second-order valence-corrected chi connectivity index (χ2v) is 6.26. The molecule has 0 radical (unpaired) electrons. The zero-order valence-corrected chi connectivity index (χ0v) is 12.0. The van der Waals surface area contributed by atoms with Gasteiger partial charge in [-0.15, -0.1) is 0 Å². The van der Waals surface area contributed by atoms with Crippen LogP contribution in [0.15, 0.2) is 22.0 Å². The van der Waals surface area contributed by atoms with Crippen molar-refractivity contribution < 1.29 is 8.42 Å². The minimum atomic E-state index is -3.59. The van der Waals surface area contributed by atoms with Gasteiger partial charge in [-0.05, 0) is 18.9 Å². The Bertz CT molecular complexity index is 548. The Morgan fingerprint density at radius 3 is 2.28 bits per heavy atom. The summed E-state index contributed by atoms with van der Waals surface area (Å²) < 4.78 is 26.0. The molecule has 1 N–H and O–H groups in total. The van der Waals surface area contributed by atoms with Crippen LogP contribution in [0.2, 0.25) is 5.02 Å². The molecule has 0 aromatic carbocycles. The fourth-order valence-electron chi connectivity index (χ4n) is 1.59. The Morgan fingerprint density at radius 2 is 1.83 bits per heavy atom. The van der Waals surface area contributed by atoms with Gasteiger partial charge in [-0.3, -0.25) is 4.79 Å². The molecule has 1 aromatic rings. The Kier molecular flexibility index (Phi) is 5.37. The number of sulfonamides is 1. The molecule has 1 heterocycles. The molecule has 0 spiro atoms. The number of nitrogens with zero attached hydrogens (tertiary/aromatic N) is 1. The van der Waals surface area contributed by atoms with Crippen LogP contribution in [0.1, 0.15) is 26.7 Å². The summed E-state index contributed by atoms with van der Waals surface area (Å²) in [5.41, 5.74) is -0.492. The first-order chi connectivity index (χ1) is 8.43. The number of nitrogens with one attached hydrogen (secondary N) is 1. The molecule has 0 aliphatic rings. The molecule has 0 saturated carbocycles. The van der Waals surface area contributed by atoms with Crippen molar-refractivity contribution in [2.45, 2.75) is 31.6 Å². The molecule has 102 valence electrons. The Balaban J connectivity index is 3.17. The van der Waals surface area contributed by atoms with Crippen LogP contribution in [0.3, 0.4) is 0 Å². The zero-order chi connectivity index (χ0) is 13.8. The molecule has 1 rings (SSSR count). The van der Waals surface area contributed by atoms with E-state index in [1.54, 1.807) is 0 Å². The molecule has 7 heteroatoms. The highest BCUT2D eigenvalue weighted by molar-refractivity contribution is 7.89. The van der Waals surface area contributed by atoms with Crippen LogP contribution < -0.4 is 5.56 Å². The Hall–Kier alpha value is -0.850. The van der Waals surface area contributed by atoms with Crippen LogP contribution in [0, 0.1) is 0 Å². The van der Waals surface area contributed by atoms with E-state index >= 15 is 0 Å². The molecule has 0 aliphatic heterocycles. The van der Waals surface area contributed by atoms with Crippen molar-refractivity contribution in [3.8, 4) is 0 Å². The maximum atomic E-state index is 12.3. The second-order valence-electron chi connectivity index (χ2n) is 3.92. The van der Waals surface area contributed by atoms with Gasteiger partial charge in [0.25, 0.3) is 5.56 Å². The maximum Gasteiger partial charge on any atom is 0.266 e. The molecular weight excluding hydrogens is 276 g/mol.